The van der Waals surface area contributed by atoms with Gasteiger partial charge >= 0.3 is 0 Å². The largest absolute Gasteiger partial charge is 0.494 e. The number of hydrogen-bond donors (Lipinski definition) is 3. The molecule has 1 aliphatic rings. The van der Waals surface area contributed by atoms with Crippen molar-refractivity contribution in [1.82, 2.24) is 20.4 Å². The molecule has 8 nitrogen and oxygen atoms in total. The van der Waals surface area contributed by atoms with Crippen molar-refractivity contribution in [1.29, 1.82) is 0 Å². The average molecular weight is 542 g/mol. The Morgan fingerprint density at radius 3 is 2.59 bits per heavy atom. The van der Waals surface area contributed by atoms with E-state index in [1.807, 2.05) is 6.08 Å². The fourth-order valence-electron chi connectivity index (χ4n) is 5.22. The van der Waals surface area contributed by atoms with Crippen LogP contribution in [0.25, 0.3) is 11.4 Å². The van der Waals surface area contributed by atoms with Crippen molar-refractivity contribution in [3.8, 4) is 22.9 Å². The number of nitrogens with zero attached hydrogens (tertiary/aromatic N) is 2. The number of allylic oxidation sites excluding steroid dienone is 1. The predicted octanol–water partition coefficient (Wildman–Crippen LogP) is 6.61. The minimum Gasteiger partial charge on any atom is -0.494 e. The summed E-state index contributed by atoms with van der Waals surface area (Å²) in [5, 5.41) is 17.5. The fourth-order valence-corrected chi connectivity index (χ4v) is 5.22. The Hall–Kier alpha value is -3.69. The quantitative estimate of drug-likeness (QED) is 0.136. The fraction of sp³-hybridized carbons (Fsp3) is 0.483. The summed E-state index contributed by atoms with van der Waals surface area (Å²) in [7, 11) is 2.69. The number of benzene rings is 1. The van der Waals surface area contributed by atoms with E-state index in [2.05, 4.69) is 32.6 Å². The van der Waals surface area contributed by atoms with Crippen molar-refractivity contribution < 1.29 is 23.0 Å². The van der Waals surface area contributed by atoms with Crippen molar-refractivity contribution >= 4 is 11.6 Å². The van der Waals surface area contributed by atoms with Gasteiger partial charge in [0.05, 0.1) is 26.1 Å². The third-order valence-electron chi connectivity index (χ3n) is 7.28. The first-order valence-corrected chi connectivity index (χ1v) is 13.7. The number of anilines is 1. The van der Waals surface area contributed by atoms with E-state index in [-0.39, 0.29) is 23.0 Å². The molecule has 0 saturated heterocycles. The van der Waals surface area contributed by atoms with Gasteiger partial charge in [-0.2, -0.15) is 10.2 Å². The number of aromatic nitrogens is 4. The molecule has 0 bridgehead atoms. The number of hydrogen-bond acceptors (Lipinski definition) is 5. The lowest BCUT2D eigenvalue weighted by atomic mass is 9.90. The van der Waals surface area contributed by atoms with Gasteiger partial charge in [0.2, 0.25) is 5.91 Å². The summed E-state index contributed by atoms with van der Waals surface area (Å²) >= 11 is 0. The van der Waals surface area contributed by atoms with Crippen LogP contribution in [0, 0.1) is 11.6 Å². The Kier molecular flexibility index (Phi) is 9.73. The average Bonchev–Trinajstić information content (AvgIpc) is 3.48. The Morgan fingerprint density at radius 1 is 1.13 bits per heavy atom. The van der Waals surface area contributed by atoms with Gasteiger partial charge in [0.25, 0.3) is 0 Å². The number of ether oxygens (including phenoxy) is 2. The molecule has 0 fully saturated rings. The number of nitrogens with one attached hydrogen (secondary N) is 3. The van der Waals surface area contributed by atoms with Crippen LogP contribution in [0.3, 0.4) is 0 Å². The second-order valence-electron chi connectivity index (χ2n) is 9.90. The lowest BCUT2D eigenvalue weighted by Gasteiger charge is -2.19. The van der Waals surface area contributed by atoms with Gasteiger partial charge in [-0.3, -0.25) is 15.0 Å². The molecule has 210 valence electrons. The van der Waals surface area contributed by atoms with Crippen molar-refractivity contribution in [3.05, 3.63) is 52.9 Å². The minimum atomic E-state index is -0.712. The van der Waals surface area contributed by atoms with Crippen LogP contribution in [0.15, 0.2) is 24.4 Å². The van der Waals surface area contributed by atoms with Gasteiger partial charge in [-0.1, -0.05) is 38.7 Å². The number of halogens is 2. The molecular formula is C29H37F2N5O3. The zero-order chi connectivity index (χ0) is 27.8. The van der Waals surface area contributed by atoms with Crippen molar-refractivity contribution in [2.24, 2.45) is 0 Å². The van der Waals surface area contributed by atoms with Gasteiger partial charge in [0.1, 0.15) is 11.4 Å². The SMILES string of the molecule is CCCCCCC/C=C\C(=O)Nc1cn[nH]c1-c1n[nH]c2c1CCCC(c1c(F)c(OC)cc(OC)c1F)C2. The third-order valence-corrected chi connectivity index (χ3v) is 7.28. The van der Waals surface area contributed by atoms with E-state index in [9.17, 15) is 4.79 Å². The number of amides is 1. The topological polar surface area (TPSA) is 105 Å². The Balaban J connectivity index is 1.50. The number of rotatable bonds is 12. The smallest absolute Gasteiger partial charge is 0.248 e. The molecule has 3 N–H and O–H groups in total. The maximum Gasteiger partial charge on any atom is 0.248 e. The third kappa shape index (κ3) is 6.49. The highest BCUT2D eigenvalue weighted by atomic mass is 19.1. The number of fused-ring (bicyclic) bond motifs is 1. The zero-order valence-corrected chi connectivity index (χ0v) is 22.8. The summed E-state index contributed by atoms with van der Waals surface area (Å²) in [6.45, 7) is 2.19. The Labute approximate surface area is 227 Å². The number of carbonyl (C=O) groups excluding carboxylic acids is 1. The molecule has 0 aliphatic heterocycles. The molecule has 39 heavy (non-hydrogen) atoms. The molecule has 1 amide bonds. The van der Waals surface area contributed by atoms with Gasteiger partial charge in [-0.25, -0.2) is 8.78 Å². The van der Waals surface area contributed by atoms with E-state index in [4.69, 9.17) is 9.47 Å². The van der Waals surface area contributed by atoms with E-state index in [0.717, 1.165) is 24.1 Å². The van der Waals surface area contributed by atoms with E-state index < -0.39 is 17.6 Å². The maximum absolute atomic E-state index is 15.2. The monoisotopic (exact) mass is 541 g/mol. The number of carbonyl (C=O) groups is 1. The number of unbranched alkanes of at least 4 members (excludes halogenated alkanes) is 5. The standard InChI is InChI=1S/C29H37F2N5O3/c1-4-5-6-7-8-9-10-14-24(37)33-21-17-32-35-29(21)28-19-13-11-12-18(15-20(19)34-36-28)25-26(30)22(38-2)16-23(39-3)27(25)31/h10,14,16-18H,4-9,11-13,15H2,1-3H3,(H,32,35)(H,33,37)(H,34,36)/b14-10-. The molecule has 4 rings (SSSR count). The van der Waals surface area contributed by atoms with Crippen LogP contribution in [0.1, 0.15) is 81.0 Å². The van der Waals surface area contributed by atoms with Crippen LogP contribution in [0.2, 0.25) is 0 Å². The second-order valence-corrected chi connectivity index (χ2v) is 9.90. The summed E-state index contributed by atoms with van der Waals surface area (Å²) in [6.07, 6.45) is 14.1. The number of H-pyrrole nitrogens is 2. The molecular weight excluding hydrogens is 504 g/mol. The van der Waals surface area contributed by atoms with Crippen LogP contribution in [-0.4, -0.2) is 40.5 Å². The van der Waals surface area contributed by atoms with Crippen molar-refractivity contribution in [2.75, 3.05) is 19.5 Å². The highest BCUT2D eigenvalue weighted by Crippen LogP contribution is 2.41. The summed E-state index contributed by atoms with van der Waals surface area (Å²) < 4.78 is 40.7. The van der Waals surface area contributed by atoms with Gasteiger partial charge in [0, 0.05) is 22.9 Å². The summed E-state index contributed by atoms with van der Waals surface area (Å²) in [5.74, 6) is -2.20. The molecule has 1 unspecified atom stereocenters. The highest BCUT2D eigenvalue weighted by molar-refractivity contribution is 6.01. The molecule has 0 radical (unpaired) electrons. The van der Waals surface area contributed by atoms with E-state index in [1.54, 1.807) is 12.3 Å². The summed E-state index contributed by atoms with van der Waals surface area (Å²) in [4.78, 5) is 12.5. The van der Waals surface area contributed by atoms with Gasteiger partial charge in [-0.05, 0) is 50.5 Å². The molecule has 1 aliphatic carbocycles. The zero-order valence-electron chi connectivity index (χ0n) is 22.8. The van der Waals surface area contributed by atoms with Crippen LogP contribution in [-0.2, 0) is 17.6 Å². The van der Waals surface area contributed by atoms with Crippen LogP contribution < -0.4 is 14.8 Å². The Morgan fingerprint density at radius 2 is 1.87 bits per heavy atom. The second kappa shape index (κ2) is 13.4. The molecule has 0 spiro atoms. The summed E-state index contributed by atoms with van der Waals surface area (Å²) in [5.41, 5.74) is 3.45. The first-order chi connectivity index (χ1) is 19.0. The van der Waals surface area contributed by atoms with Crippen molar-refractivity contribution in [2.45, 2.75) is 77.0 Å². The molecule has 2 heterocycles. The highest BCUT2D eigenvalue weighted by Gasteiger charge is 2.31. The lowest BCUT2D eigenvalue weighted by molar-refractivity contribution is -0.111. The van der Waals surface area contributed by atoms with Crippen LogP contribution >= 0.6 is 0 Å². The first-order valence-electron chi connectivity index (χ1n) is 13.7. The van der Waals surface area contributed by atoms with Gasteiger partial charge in [-0.15, -0.1) is 0 Å². The molecule has 10 heteroatoms. The van der Waals surface area contributed by atoms with Crippen LogP contribution in [0.4, 0.5) is 14.5 Å². The summed E-state index contributed by atoms with van der Waals surface area (Å²) in [6, 6.07) is 1.22. The van der Waals surface area contributed by atoms with Crippen LogP contribution in [0.5, 0.6) is 11.5 Å². The molecule has 1 atom stereocenters. The molecule has 3 aromatic rings. The minimum absolute atomic E-state index is 0.0400. The predicted molar refractivity (Wildman–Crippen MR) is 146 cm³/mol. The lowest BCUT2D eigenvalue weighted by Crippen LogP contribution is -2.10. The Bertz CT molecular complexity index is 1270. The van der Waals surface area contributed by atoms with E-state index in [1.165, 1.54) is 46.0 Å². The maximum atomic E-state index is 15.2. The van der Waals surface area contributed by atoms with Gasteiger partial charge in [0.15, 0.2) is 23.1 Å². The van der Waals surface area contributed by atoms with E-state index >= 15 is 8.78 Å². The van der Waals surface area contributed by atoms with E-state index in [0.29, 0.717) is 42.8 Å². The number of aromatic amines is 2. The molecule has 0 saturated carbocycles. The molecule has 1 aromatic carbocycles. The molecule has 2 aromatic heterocycles. The van der Waals surface area contributed by atoms with Gasteiger partial charge < -0.3 is 14.8 Å². The normalized spacial score (nSPS) is 15.3. The first kappa shape index (κ1) is 28.3. The number of methoxy groups -OCH3 is 2. The van der Waals surface area contributed by atoms with Crippen molar-refractivity contribution in [3.63, 3.8) is 0 Å².